The van der Waals surface area contributed by atoms with Gasteiger partial charge < -0.3 is 10.5 Å². The zero-order valence-electron chi connectivity index (χ0n) is 8.45. The summed E-state index contributed by atoms with van der Waals surface area (Å²) >= 11 is 0. The number of ether oxygens (including phenoxy) is 1. The molecule has 0 aromatic heterocycles. The highest BCUT2D eigenvalue weighted by molar-refractivity contribution is 5.85. The zero-order chi connectivity index (χ0) is 11.4. The van der Waals surface area contributed by atoms with Gasteiger partial charge in [-0.05, 0) is 5.56 Å². The van der Waals surface area contributed by atoms with E-state index in [1.165, 1.54) is 31.4 Å². The molecule has 1 rings (SSSR count). The van der Waals surface area contributed by atoms with E-state index in [2.05, 4.69) is 4.74 Å². The number of carbonyl (C=O) groups is 1. The number of hydrogen-bond donors (Lipinski definition) is 1. The lowest BCUT2D eigenvalue weighted by Gasteiger charge is -2.08. The maximum absolute atomic E-state index is 11.1. The van der Waals surface area contributed by atoms with Crippen LogP contribution < -0.4 is 5.73 Å². The van der Waals surface area contributed by atoms with Crippen molar-refractivity contribution in [1.29, 1.82) is 0 Å². The lowest BCUT2D eigenvalue weighted by Crippen LogP contribution is -2.22. The van der Waals surface area contributed by atoms with Crippen molar-refractivity contribution in [2.45, 2.75) is 6.04 Å². The molecule has 0 aliphatic rings. The number of nitrogens with zero attached hydrogens (tertiary/aromatic N) is 1. The van der Waals surface area contributed by atoms with E-state index in [-0.39, 0.29) is 18.1 Å². The topological polar surface area (TPSA) is 95.5 Å². The van der Waals surface area contributed by atoms with Crippen LogP contribution >= 0.6 is 12.4 Å². The number of hydrogen-bond acceptors (Lipinski definition) is 5. The molecule has 1 aromatic rings. The average molecular weight is 247 g/mol. The number of rotatable bonds is 3. The first-order valence-electron chi connectivity index (χ1n) is 4.14. The first-order chi connectivity index (χ1) is 7.06. The number of carbonyl (C=O) groups excluding carboxylic acids is 1. The van der Waals surface area contributed by atoms with Gasteiger partial charge in [0.25, 0.3) is 5.69 Å². The van der Waals surface area contributed by atoms with Gasteiger partial charge in [-0.3, -0.25) is 14.9 Å². The molecule has 0 fully saturated rings. The monoisotopic (exact) mass is 246 g/mol. The van der Waals surface area contributed by atoms with E-state index in [9.17, 15) is 14.9 Å². The van der Waals surface area contributed by atoms with Crippen LogP contribution in [0.2, 0.25) is 0 Å². The summed E-state index contributed by atoms with van der Waals surface area (Å²) in [7, 11) is 1.21. The van der Waals surface area contributed by atoms with Crippen LogP contribution in [-0.4, -0.2) is 18.0 Å². The van der Waals surface area contributed by atoms with Crippen LogP contribution in [-0.2, 0) is 9.53 Å². The van der Waals surface area contributed by atoms with Crippen molar-refractivity contribution in [3.8, 4) is 0 Å². The van der Waals surface area contributed by atoms with E-state index in [1.54, 1.807) is 0 Å². The molecule has 0 aliphatic heterocycles. The Morgan fingerprint density at radius 1 is 1.56 bits per heavy atom. The number of nitrogens with two attached hydrogens (primary N) is 1. The predicted molar refractivity (Wildman–Crippen MR) is 59.3 cm³/mol. The molecule has 0 radical (unpaired) electrons. The second-order valence-corrected chi connectivity index (χ2v) is 2.85. The fraction of sp³-hybridized carbons (Fsp3) is 0.222. The van der Waals surface area contributed by atoms with Crippen molar-refractivity contribution in [1.82, 2.24) is 0 Å². The van der Waals surface area contributed by atoms with Crippen LogP contribution in [0.25, 0.3) is 0 Å². The molecule has 7 heteroatoms. The average Bonchev–Trinajstić information content (AvgIpc) is 2.27. The molecule has 1 aromatic carbocycles. The van der Waals surface area contributed by atoms with Gasteiger partial charge in [-0.25, -0.2) is 0 Å². The third-order valence-electron chi connectivity index (χ3n) is 1.90. The molecule has 0 aliphatic carbocycles. The number of nitro groups is 1. The highest BCUT2D eigenvalue weighted by atomic mass is 35.5. The van der Waals surface area contributed by atoms with Crippen molar-refractivity contribution >= 4 is 24.1 Å². The summed E-state index contributed by atoms with van der Waals surface area (Å²) in [6.45, 7) is 0. The first-order valence-corrected chi connectivity index (χ1v) is 4.14. The minimum absolute atomic E-state index is 0. The summed E-state index contributed by atoms with van der Waals surface area (Å²) in [5.74, 6) is -0.629. The third kappa shape index (κ3) is 3.18. The minimum Gasteiger partial charge on any atom is -0.468 e. The van der Waals surface area contributed by atoms with E-state index in [0.717, 1.165) is 0 Å². The van der Waals surface area contributed by atoms with E-state index in [4.69, 9.17) is 5.73 Å². The number of halogens is 1. The van der Waals surface area contributed by atoms with Crippen LogP contribution in [0.4, 0.5) is 5.69 Å². The number of benzene rings is 1. The predicted octanol–water partition coefficient (Wildman–Crippen LogP) is 1.19. The lowest BCUT2D eigenvalue weighted by atomic mass is 10.1. The van der Waals surface area contributed by atoms with Gasteiger partial charge in [-0.2, -0.15) is 0 Å². The summed E-state index contributed by atoms with van der Waals surface area (Å²) in [6.07, 6.45) is 0. The first kappa shape index (κ1) is 14.3. The molecule has 0 saturated carbocycles. The molecule has 88 valence electrons. The van der Waals surface area contributed by atoms with Gasteiger partial charge >= 0.3 is 5.97 Å². The van der Waals surface area contributed by atoms with Gasteiger partial charge in [0.2, 0.25) is 0 Å². The number of non-ortho nitro benzene ring substituents is 1. The Hall–Kier alpha value is -1.66. The summed E-state index contributed by atoms with van der Waals surface area (Å²) in [6, 6.07) is 4.59. The Labute approximate surface area is 97.9 Å². The van der Waals surface area contributed by atoms with E-state index in [0.29, 0.717) is 5.56 Å². The largest absolute Gasteiger partial charge is 0.468 e. The summed E-state index contributed by atoms with van der Waals surface area (Å²) in [5, 5.41) is 10.5. The van der Waals surface area contributed by atoms with Crippen molar-refractivity contribution in [3.63, 3.8) is 0 Å². The third-order valence-corrected chi connectivity index (χ3v) is 1.90. The second kappa shape index (κ2) is 6.04. The molecule has 16 heavy (non-hydrogen) atoms. The molecule has 0 heterocycles. The number of nitro benzene ring substituents is 1. The van der Waals surface area contributed by atoms with Crippen molar-refractivity contribution in [2.24, 2.45) is 5.73 Å². The van der Waals surface area contributed by atoms with Gasteiger partial charge in [-0.1, -0.05) is 12.1 Å². The number of methoxy groups -OCH3 is 1. The SMILES string of the molecule is COC(=O)C(N)c1cccc([N+](=O)[O-])c1.Cl. The minimum atomic E-state index is -0.991. The maximum Gasteiger partial charge on any atom is 0.327 e. The fourth-order valence-corrected chi connectivity index (χ4v) is 1.09. The van der Waals surface area contributed by atoms with Crippen molar-refractivity contribution in [2.75, 3.05) is 7.11 Å². The molecule has 6 nitrogen and oxygen atoms in total. The van der Waals surface area contributed by atoms with Gasteiger partial charge in [0.15, 0.2) is 0 Å². The van der Waals surface area contributed by atoms with Crippen molar-refractivity contribution in [3.05, 3.63) is 39.9 Å². The molecule has 2 N–H and O–H groups in total. The maximum atomic E-state index is 11.1. The molecular weight excluding hydrogens is 236 g/mol. The van der Waals surface area contributed by atoms with Crippen LogP contribution in [0.5, 0.6) is 0 Å². The summed E-state index contributed by atoms with van der Waals surface area (Å²) in [5.41, 5.74) is 5.77. The zero-order valence-corrected chi connectivity index (χ0v) is 9.27. The van der Waals surface area contributed by atoms with Crippen LogP contribution in [0.1, 0.15) is 11.6 Å². The summed E-state index contributed by atoms with van der Waals surface area (Å²) in [4.78, 5) is 21.0. The summed E-state index contributed by atoms with van der Waals surface area (Å²) < 4.78 is 4.43. The Morgan fingerprint density at radius 3 is 2.69 bits per heavy atom. The highest BCUT2D eigenvalue weighted by Gasteiger charge is 2.18. The lowest BCUT2D eigenvalue weighted by molar-refractivity contribution is -0.384. The quantitative estimate of drug-likeness (QED) is 0.491. The van der Waals surface area contributed by atoms with Gasteiger partial charge in [0, 0.05) is 12.1 Å². The van der Waals surface area contributed by atoms with E-state index in [1.807, 2.05) is 0 Å². The molecule has 1 unspecified atom stereocenters. The van der Waals surface area contributed by atoms with Crippen LogP contribution in [0.15, 0.2) is 24.3 Å². The fourth-order valence-electron chi connectivity index (χ4n) is 1.09. The highest BCUT2D eigenvalue weighted by Crippen LogP contribution is 2.18. The van der Waals surface area contributed by atoms with E-state index >= 15 is 0 Å². The molecule has 0 amide bonds. The number of esters is 1. The smallest absolute Gasteiger partial charge is 0.327 e. The van der Waals surface area contributed by atoms with Crippen LogP contribution in [0.3, 0.4) is 0 Å². The van der Waals surface area contributed by atoms with E-state index < -0.39 is 16.9 Å². The Kier molecular flexibility index (Phi) is 5.41. The van der Waals surface area contributed by atoms with Crippen molar-refractivity contribution < 1.29 is 14.5 Å². The molecular formula is C9H11ClN2O4. The molecule has 0 spiro atoms. The van der Waals surface area contributed by atoms with Gasteiger partial charge in [-0.15, -0.1) is 12.4 Å². The molecule has 1 atom stereocenters. The van der Waals surface area contributed by atoms with Gasteiger partial charge in [0.1, 0.15) is 6.04 Å². The Bertz CT molecular complexity index is 397. The van der Waals surface area contributed by atoms with Crippen LogP contribution in [0, 0.1) is 10.1 Å². The van der Waals surface area contributed by atoms with Gasteiger partial charge in [0.05, 0.1) is 12.0 Å². The second-order valence-electron chi connectivity index (χ2n) is 2.85. The molecule has 0 bridgehead atoms. The standard InChI is InChI=1S/C9H10N2O4.ClH/c1-15-9(12)8(10)6-3-2-4-7(5-6)11(13)14;/h2-5,8H,10H2,1H3;1H. The Balaban J connectivity index is 0.00000225. The molecule has 0 saturated heterocycles. The Morgan fingerprint density at radius 2 is 2.19 bits per heavy atom. The normalized spacial score (nSPS) is 11.1.